The Balaban J connectivity index is 2.72. The maximum Gasteiger partial charge on any atom is 0.123 e. The Morgan fingerprint density at radius 2 is 2.06 bits per heavy atom. The molecule has 0 spiro atoms. The van der Waals surface area contributed by atoms with Gasteiger partial charge in [0.25, 0.3) is 0 Å². The first-order valence-electron chi connectivity index (χ1n) is 5.40. The van der Waals surface area contributed by atoms with Crippen LogP contribution >= 0.6 is 0 Å². The summed E-state index contributed by atoms with van der Waals surface area (Å²) in [5.74, 6) is -0.283. The third-order valence-corrected chi connectivity index (χ3v) is 2.55. The molecule has 0 aliphatic heterocycles. The van der Waals surface area contributed by atoms with E-state index in [-0.39, 0.29) is 30.3 Å². The number of aromatic hydroxyl groups is 1. The first-order chi connectivity index (χ1) is 7.54. The number of phenols is 1. The lowest BCUT2D eigenvalue weighted by Crippen LogP contribution is -2.29. The van der Waals surface area contributed by atoms with Crippen LogP contribution in [0.3, 0.4) is 0 Å². The maximum atomic E-state index is 13.0. The molecule has 1 aromatic rings. The van der Waals surface area contributed by atoms with Gasteiger partial charge in [-0.25, -0.2) is 4.39 Å². The zero-order chi connectivity index (χ0) is 12.1. The summed E-state index contributed by atoms with van der Waals surface area (Å²) >= 11 is 0. The van der Waals surface area contributed by atoms with Crippen molar-refractivity contribution in [2.24, 2.45) is 0 Å². The molecule has 0 aromatic heterocycles. The molecule has 0 aliphatic rings. The molecule has 0 amide bonds. The molecule has 1 aromatic carbocycles. The van der Waals surface area contributed by atoms with Crippen LogP contribution in [0.15, 0.2) is 18.2 Å². The lowest BCUT2D eigenvalue weighted by Gasteiger charge is -2.20. The highest BCUT2D eigenvalue weighted by atomic mass is 19.1. The summed E-state index contributed by atoms with van der Waals surface area (Å²) in [7, 11) is 0. The van der Waals surface area contributed by atoms with E-state index in [9.17, 15) is 9.50 Å². The fraction of sp³-hybridized carbons (Fsp3) is 0.500. The van der Waals surface area contributed by atoms with Gasteiger partial charge < -0.3 is 15.5 Å². The van der Waals surface area contributed by atoms with Gasteiger partial charge in [0.2, 0.25) is 0 Å². The summed E-state index contributed by atoms with van der Waals surface area (Å²) in [5.41, 5.74) is 0.532. The number of aliphatic hydroxyl groups excluding tert-OH is 1. The van der Waals surface area contributed by atoms with Crippen molar-refractivity contribution in [3.05, 3.63) is 29.6 Å². The molecule has 2 atom stereocenters. The first kappa shape index (κ1) is 12.9. The molecule has 16 heavy (non-hydrogen) atoms. The van der Waals surface area contributed by atoms with Crippen LogP contribution < -0.4 is 5.32 Å². The van der Waals surface area contributed by atoms with Crippen LogP contribution in [-0.4, -0.2) is 22.9 Å². The third kappa shape index (κ3) is 3.47. The molecule has 1 unspecified atom stereocenters. The van der Waals surface area contributed by atoms with E-state index in [1.165, 1.54) is 18.2 Å². The highest BCUT2D eigenvalue weighted by Gasteiger charge is 2.13. The van der Waals surface area contributed by atoms with Crippen LogP contribution in [0, 0.1) is 5.82 Å². The molecule has 0 aliphatic carbocycles. The van der Waals surface area contributed by atoms with Crippen molar-refractivity contribution in [3.63, 3.8) is 0 Å². The fourth-order valence-electron chi connectivity index (χ4n) is 1.67. The molecule has 0 saturated carbocycles. The van der Waals surface area contributed by atoms with E-state index in [0.29, 0.717) is 12.0 Å². The number of aliphatic hydroxyl groups is 1. The van der Waals surface area contributed by atoms with Gasteiger partial charge in [0.1, 0.15) is 11.6 Å². The Hall–Kier alpha value is -1.13. The Labute approximate surface area is 94.9 Å². The molecule has 3 N–H and O–H groups in total. The highest BCUT2D eigenvalue weighted by molar-refractivity contribution is 5.34. The molecule has 0 saturated heterocycles. The lowest BCUT2D eigenvalue weighted by molar-refractivity contribution is 0.264. The normalized spacial score (nSPS) is 14.8. The number of rotatable bonds is 5. The second-order valence-corrected chi connectivity index (χ2v) is 4.00. The third-order valence-electron chi connectivity index (χ3n) is 2.55. The summed E-state index contributed by atoms with van der Waals surface area (Å²) in [4.78, 5) is 0. The van der Waals surface area contributed by atoms with Crippen molar-refractivity contribution in [1.82, 2.24) is 5.32 Å². The molecule has 90 valence electrons. The average Bonchev–Trinajstić information content (AvgIpc) is 2.21. The number of nitrogens with one attached hydrogen (secondary N) is 1. The number of benzene rings is 1. The van der Waals surface area contributed by atoms with E-state index in [4.69, 9.17) is 5.11 Å². The van der Waals surface area contributed by atoms with Crippen molar-refractivity contribution in [1.29, 1.82) is 0 Å². The van der Waals surface area contributed by atoms with Gasteiger partial charge in [-0.15, -0.1) is 0 Å². The topological polar surface area (TPSA) is 52.5 Å². The van der Waals surface area contributed by atoms with Crippen LogP contribution in [0.5, 0.6) is 5.75 Å². The van der Waals surface area contributed by atoms with E-state index in [1.54, 1.807) is 0 Å². The lowest BCUT2D eigenvalue weighted by atomic mass is 10.1. The minimum Gasteiger partial charge on any atom is -0.508 e. The van der Waals surface area contributed by atoms with Gasteiger partial charge in [0.05, 0.1) is 0 Å². The first-order valence-corrected chi connectivity index (χ1v) is 5.40. The van der Waals surface area contributed by atoms with Crippen molar-refractivity contribution < 1.29 is 14.6 Å². The minimum atomic E-state index is -0.365. The molecule has 3 nitrogen and oxygen atoms in total. The van der Waals surface area contributed by atoms with Gasteiger partial charge in [0, 0.05) is 24.3 Å². The number of hydrogen-bond donors (Lipinski definition) is 3. The quantitative estimate of drug-likeness (QED) is 0.720. The van der Waals surface area contributed by atoms with Crippen LogP contribution in [0.4, 0.5) is 4.39 Å². The smallest absolute Gasteiger partial charge is 0.123 e. The summed E-state index contributed by atoms with van der Waals surface area (Å²) in [6.45, 7) is 3.89. The van der Waals surface area contributed by atoms with Crippen LogP contribution in [0.2, 0.25) is 0 Å². The van der Waals surface area contributed by atoms with Gasteiger partial charge in [0.15, 0.2) is 0 Å². The van der Waals surface area contributed by atoms with Gasteiger partial charge in [-0.1, -0.05) is 0 Å². The molecule has 0 radical (unpaired) electrons. The predicted octanol–water partition coefficient (Wildman–Crippen LogP) is 1.95. The van der Waals surface area contributed by atoms with Crippen LogP contribution in [0.25, 0.3) is 0 Å². The van der Waals surface area contributed by atoms with E-state index < -0.39 is 0 Å². The second kappa shape index (κ2) is 5.82. The monoisotopic (exact) mass is 227 g/mol. The fourth-order valence-corrected chi connectivity index (χ4v) is 1.67. The summed E-state index contributed by atoms with van der Waals surface area (Å²) < 4.78 is 13.0. The van der Waals surface area contributed by atoms with Gasteiger partial charge in [-0.05, 0) is 38.5 Å². The molecular formula is C12H18FNO2. The Morgan fingerprint density at radius 3 is 2.69 bits per heavy atom. The van der Waals surface area contributed by atoms with Crippen LogP contribution in [0.1, 0.15) is 31.9 Å². The van der Waals surface area contributed by atoms with Crippen molar-refractivity contribution in [3.8, 4) is 5.75 Å². The largest absolute Gasteiger partial charge is 0.508 e. The number of hydrogen-bond acceptors (Lipinski definition) is 3. The summed E-state index contributed by atoms with van der Waals surface area (Å²) in [5, 5.41) is 21.5. The van der Waals surface area contributed by atoms with Crippen molar-refractivity contribution in [2.75, 3.05) is 6.61 Å². The summed E-state index contributed by atoms with van der Waals surface area (Å²) in [6, 6.07) is 3.85. The molecule has 1 rings (SSSR count). The van der Waals surface area contributed by atoms with E-state index in [2.05, 4.69) is 5.32 Å². The van der Waals surface area contributed by atoms with Gasteiger partial charge in [-0.3, -0.25) is 0 Å². The Kier molecular flexibility index (Phi) is 4.71. The maximum absolute atomic E-state index is 13.0. The second-order valence-electron chi connectivity index (χ2n) is 4.00. The highest BCUT2D eigenvalue weighted by Crippen LogP contribution is 2.25. The standard InChI is InChI=1S/C12H18FNO2/c1-8(5-6-15)14-9(2)11-7-10(13)3-4-12(11)16/h3-4,7-9,14-16H,5-6H2,1-2H3/t8-,9?/m1/s1. The SMILES string of the molecule is CC(N[C@H](C)CCO)c1cc(F)ccc1O. The van der Waals surface area contributed by atoms with Gasteiger partial charge in [-0.2, -0.15) is 0 Å². The average molecular weight is 227 g/mol. The zero-order valence-electron chi connectivity index (χ0n) is 9.57. The van der Waals surface area contributed by atoms with E-state index in [1.807, 2.05) is 13.8 Å². The minimum absolute atomic E-state index is 0.0811. The number of halogens is 1. The van der Waals surface area contributed by atoms with E-state index in [0.717, 1.165) is 0 Å². The molecule has 0 fully saturated rings. The zero-order valence-corrected chi connectivity index (χ0v) is 9.57. The van der Waals surface area contributed by atoms with Crippen molar-refractivity contribution >= 4 is 0 Å². The van der Waals surface area contributed by atoms with Crippen molar-refractivity contribution in [2.45, 2.75) is 32.4 Å². The molecule has 0 bridgehead atoms. The van der Waals surface area contributed by atoms with Crippen LogP contribution in [-0.2, 0) is 0 Å². The Morgan fingerprint density at radius 1 is 1.38 bits per heavy atom. The van der Waals surface area contributed by atoms with E-state index >= 15 is 0 Å². The molecular weight excluding hydrogens is 209 g/mol. The molecule has 4 heteroatoms. The molecule has 0 heterocycles. The summed E-state index contributed by atoms with van der Waals surface area (Å²) in [6.07, 6.45) is 0.625. The Bertz CT molecular complexity index is 344. The predicted molar refractivity (Wildman–Crippen MR) is 60.8 cm³/mol. The number of phenolic OH excluding ortho intramolecular Hbond substituents is 1. The van der Waals surface area contributed by atoms with Gasteiger partial charge >= 0.3 is 0 Å².